The molecule has 1 fully saturated rings. The van der Waals surface area contributed by atoms with Gasteiger partial charge in [0.2, 0.25) is 0 Å². The Balaban J connectivity index is 2.39. The van der Waals surface area contributed by atoms with E-state index in [2.05, 4.69) is 0 Å². The van der Waals surface area contributed by atoms with Crippen LogP contribution in [-0.2, 0) is 19.1 Å². The second-order valence-corrected chi connectivity index (χ2v) is 4.88. The number of benzene rings is 1. The van der Waals surface area contributed by atoms with Crippen LogP contribution >= 0.6 is 0 Å². The molecule has 0 N–H and O–H groups in total. The average molecular weight is 292 g/mol. The monoisotopic (exact) mass is 292 g/mol. The summed E-state index contributed by atoms with van der Waals surface area (Å²) in [5, 5.41) is 0. The molecule has 6 heteroatoms. The van der Waals surface area contributed by atoms with Crippen molar-refractivity contribution >= 4 is 18.0 Å². The summed E-state index contributed by atoms with van der Waals surface area (Å²) in [5.41, 5.74) is 0.388. The zero-order valence-electron chi connectivity index (χ0n) is 12.3. The van der Waals surface area contributed by atoms with Gasteiger partial charge in [0.15, 0.2) is 0 Å². The largest absolute Gasteiger partial charge is 0.497 e. The van der Waals surface area contributed by atoms with Gasteiger partial charge < -0.3 is 18.9 Å². The van der Waals surface area contributed by atoms with Crippen molar-refractivity contribution in [2.75, 3.05) is 14.2 Å². The van der Waals surface area contributed by atoms with Crippen LogP contribution in [0.1, 0.15) is 19.4 Å². The van der Waals surface area contributed by atoms with Gasteiger partial charge in [0, 0.05) is 19.9 Å². The van der Waals surface area contributed by atoms with Gasteiger partial charge in [-0.2, -0.15) is 0 Å². The maximum absolute atomic E-state index is 11.9. The van der Waals surface area contributed by atoms with Crippen LogP contribution in [0.5, 0.6) is 11.5 Å². The first-order chi connectivity index (χ1) is 9.84. The van der Waals surface area contributed by atoms with E-state index in [9.17, 15) is 9.59 Å². The molecule has 1 saturated heterocycles. The molecule has 112 valence electrons. The Bertz CT molecular complexity index is 570. The molecule has 6 nitrogen and oxygen atoms in total. The van der Waals surface area contributed by atoms with E-state index in [1.807, 2.05) is 0 Å². The van der Waals surface area contributed by atoms with Crippen LogP contribution in [0.25, 0.3) is 6.08 Å². The van der Waals surface area contributed by atoms with Gasteiger partial charge in [-0.25, -0.2) is 9.59 Å². The summed E-state index contributed by atoms with van der Waals surface area (Å²) >= 11 is 0. The van der Waals surface area contributed by atoms with E-state index in [1.54, 1.807) is 18.2 Å². The normalized spacial score (nSPS) is 16.9. The minimum Gasteiger partial charge on any atom is -0.497 e. The van der Waals surface area contributed by atoms with Crippen molar-refractivity contribution in [3.63, 3.8) is 0 Å². The lowest BCUT2D eigenvalue weighted by Gasteiger charge is -2.29. The summed E-state index contributed by atoms with van der Waals surface area (Å²) in [4.78, 5) is 23.8. The summed E-state index contributed by atoms with van der Waals surface area (Å²) in [5.74, 6) is -1.62. The fourth-order valence-electron chi connectivity index (χ4n) is 1.86. The maximum atomic E-state index is 11.9. The van der Waals surface area contributed by atoms with E-state index in [0.29, 0.717) is 17.1 Å². The molecule has 0 aromatic heterocycles. The van der Waals surface area contributed by atoms with Crippen LogP contribution in [0.4, 0.5) is 0 Å². The molecule has 21 heavy (non-hydrogen) atoms. The number of hydrogen-bond acceptors (Lipinski definition) is 6. The molecule has 1 heterocycles. The van der Waals surface area contributed by atoms with Gasteiger partial charge in [0.05, 0.1) is 14.2 Å². The minimum atomic E-state index is -1.25. The molecular weight excluding hydrogens is 276 g/mol. The van der Waals surface area contributed by atoms with E-state index < -0.39 is 17.7 Å². The van der Waals surface area contributed by atoms with E-state index in [1.165, 1.54) is 34.1 Å². The summed E-state index contributed by atoms with van der Waals surface area (Å²) in [6.07, 6.45) is 1.38. The van der Waals surface area contributed by atoms with Crippen molar-refractivity contribution in [1.82, 2.24) is 0 Å². The first kappa shape index (κ1) is 14.9. The van der Waals surface area contributed by atoms with Gasteiger partial charge in [0.25, 0.3) is 5.79 Å². The standard InChI is InChI=1S/C15H16O6/c1-15(2)20-13(16)12(14(17)21-15)7-9-5-10(18-3)8-11(6-9)19-4/h5-8H,1-4H3. The second-order valence-electron chi connectivity index (χ2n) is 4.88. The highest BCUT2D eigenvalue weighted by molar-refractivity contribution is 6.18. The van der Waals surface area contributed by atoms with E-state index in [4.69, 9.17) is 18.9 Å². The van der Waals surface area contributed by atoms with Crippen molar-refractivity contribution < 1.29 is 28.5 Å². The average Bonchev–Trinajstić information content (AvgIpc) is 2.41. The molecule has 1 aromatic rings. The Morgan fingerprint density at radius 1 is 0.952 bits per heavy atom. The predicted molar refractivity (Wildman–Crippen MR) is 73.8 cm³/mol. The molecule has 0 saturated carbocycles. The first-order valence-electron chi connectivity index (χ1n) is 6.26. The van der Waals surface area contributed by atoms with Crippen LogP contribution in [0.2, 0.25) is 0 Å². The molecule has 1 aliphatic rings. The number of cyclic esters (lactones) is 2. The van der Waals surface area contributed by atoms with E-state index in [0.717, 1.165) is 0 Å². The van der Waals surface area contributed by atoms with Gasteiger partial charge in [-0.05, 0) is 23.8 Å². The number of methoxy groups -OCH3 is 2. The summed E-state index contributed by atoms with van der Waals surface area (Å²) in [6.45, 7) is 2.99. The molecule has 0 bridgehead atoms. The Hall–Kier alpha value is -2.50. The molecule has 0 aliphatic carbocycles. The lowest BCUT2D eigenvalue weighted by molar-refractivity contribution is -0.222. The van der Waals surface area contributed by atoms with Gasteiger partial charge >= 0.3 is 11.9 Å². The molecule has 0 unspecified atom stereocenters. The fraction of sp³-hybridized carbons (Fsp3) is 0.333. The van der Waals surface area contributed by atoms with Crippen LogP contribution in [-0.4, -0.2) is 31.9 Å². The van der Waals surface area contributed by atoms with Gasteiger partial charge in [-0.15, -0.1) is 0 Å². The zero-order chi connectivity index (χ0) is 15.6. The molecule has 0 radical (unpaired) electrons. The van der Waals surface area contributed by atoms with Gasteiger partial charge in [0.1, 0.15) is 17.1 Å². The van der Waals surface area contributed by atoms with E-state index >= 15 is 0 Å². The molecule has 0 amide bonds. The van der Waals surface area contributed by atoms with E-state index in [-0.39, 0.29) is 5.57 Å². The minimum absolute atomic E-state index is 0.176. The number of carbonyl (C=O) groups is 2. The van der Waals surface area contributed by atoms with Crippen molar-refractivity contribution in [2.24, 2.45) is 0 Å². The highest BCUT2D eigenvalue weighted by Crippen LogP contribution is 2.27. The number of hydrogen-bond donors (Lipinski definition) is 0. The second kappa shape index (κ2) is 5.47. The third kappa shape index (κ3) is 3.34. The van der Waals surface area contributed by atoms with Crippen LogP contribution in [0.15, 0.2) is 23.8 Å². The van der Waals surface area contributed by atoms with Crippen LogP contribution in [0.3, 0.4) is 0 Å². The SMILES string of the molecule is COc1cc(C=C2C(=O)OC(C)(C)OC2=O)cc(OC)c1. The number of carbonyl (C=O) groups excluding carboxylic acids is 2. The third-order valence-electron chi connectivity index (χ3n) is 2.80. The Kier molecular flexibility index (Phi) is 3.88. The Morgan fingerprint density at radius 2 is 1.43 bits per heavy atom. The maximum Gasteiger partial charge on any atom is 0.348 e. The lowest BCUT2D eigenvalue weighted by atomic mass is 10.1. The first-order valence-corrected chi connectivity index (χ1v) is 6.26. The van der Waals surface area contributed by atoms with Crippen molar-refractivity contribution in [3.8, 4) is 11.5 Å². The van der Waals surface area contributed by atoms with Crippen molar-refractivity contribution in [2.45, 2.75) is 19.6 Å². The van der Waals surface area contributed by atoms with Gasteiger partial charge in [-0.3, -0.25) is 0 Å². The smallest absolute Gasteiger partial charge is 0.348 e. The fourth-order valence-corrected chi connectivity index (χ4v) is 1.86. The van der Waals surface area contributed by atoms with Crippen LogP contribution in [0, 0.1) is 0 Å². The Labute approximate surface area is 122 Å². The van der Waals surface area contributed by atoms with Crippen molar-refractivity contribution in [1.29, 1.82) is 0 Å². The highest BCUT2D eigenvalue weighted by Gasteiger charge is 2.38. The molecule has 0 atom stereocenters. The van der Waals surface area contributed by atoms with Gasteiger partial charge in [-0.1, -0.05) is 0 Å². The summed E-state index contributed by atoms with van der Waals surface area (Å²) < 4.78 is 20.3. The highest BCUT2D eigenvalue weighted by atomic mass is 16.7. The zero-order valence-corrected chi connectivity index (χ0v) is 12.3. The summed E-state index contributed by atoms with van der Waals surface area (Å²) in [6, 6.07) is 5.01. The molecule has 1 aromatic carbocycles. The third-order valence-corrected chi connectivity index (χ3v) is 2.80. The molecule has 2 rings (SSSR count). The van der Waals surface area contributed by atoms with Crippen molar-refractivity contribution in [3.05, 3.63) is 29.3 Å². The molecular formula is C15H16O6. The number of ether oxygens (including phenoxy) is 4. The molecule has 0 spiro atoms. The number of rotatable bonds is 3. The number of esters is 2. The Morgan fingerprint density at radius 3 is 1.86 bits per heavy atom. The van der Waals surface area contributed by atoms with Crippen LogP contribution < -0.4 is 9.47 Å². The predicted octanol–water partition coefficient (Wildman–Crippen LogP) is 1.92. The lowest BCUT2D eigenvalue weighted by Crippen LogP contribution is -2.41. The quantitative estimate of drug-likeness (QED) is 0.481. The summed E-state index contributed by atoms with van der Waals surface area (Å²) in [7, 11) is 3.02. The molecule has 1 aliphatic heterocycles. The topological polar surface area (TPSA) is 71.1 Å².